The van der Waals surface area contributed by atoms with E-state index in [1.165, 1.54) is 0 Å². The number of hydrogen-bond donors (Lipinski definition) is 0. The highest BCUT2D eigenvalue weighted by Crippen LogP contribution is 1.38. The highest BCUT2D eigenvalue weighted by atomic mass is 31.0. The Kier molecular flexibility index (Phi) is 370. The van der Waals surface area contributed by atoms with Gasteiger partial charge in [-0.1, -0.05) is 6.08 Å². The molecule has 0 saturated carbocycles. The van der Waals surface area contributed by atoms with Gasteiger partial charge in [-0.05, 0) is 6.92 Å². The van der Waals surface area contributed by atoms with Gasteiger partial charge in [-0.25, -0.2) is 0 Å². The SMILES string of the molecule is C=CC.O=P.O=P. The number of allylic oxidation sites excluding steroid dienone is 1. The molecule has 0 spiro atoms. The molecule has 0 radical (unpaired) electrons. The lowest BCUT2D eigenvalue weighted by atomic mass is 10.8. The van der Waals surface area contributed by atoms with Crippen molar-refractivity contribution in [3.8, 4) is 0 Å². The van der Waals surface area contributed by atoms with E-state index in [0.29, 0.717) is 0 Å². The van der Waals surface area contributed by atoms with Crippen molar-refractivity contribution < 1.29 is 9.13 Å². The molecular formula is C3H8O2P2. The molecule has 0 aromatic carbocycles. The molecule has 0 aliphatic carbocycles. The molecule has 0 saturated heterocycles. The molecule has 0 aromatic heterocycles. The minimum Gasteiger partial charge on any atom is -0.279 e. The molecule has 0 aromatic rings. The fourth-order valence-corrected chi connectivity index (χ4v) is 0. The van der Waals surface area contributed by atoms with Gasteiger partial charge in [0, 0.05) is 0 Å². The van der Waals surface area contributed by atoms with Crippen LogP contribution >= 0.6 is 18.2 Å². The van der Waals surface area contributed by atoms with Crippen LogP contribution in [0.2, 0.25) is 0 Å². The van der Waals surface area contributed by atoms with Gasteiger partial charge < -0.3 is 0 Å². The lowest BCUT2D eigenvalue weighted by molar-refractivity contribution is 0.607. The van der Waals surface area contributed by atoms with Crippen molar-refractivity contribution in [2.45, 2.75) is 6.92 Å². The molecule has 2 nitrogen and oxygen atoms in total. The summed E-state index contributed by atoms with van der Waals surface area (Å²) in [6.45, 7) is 5.25. The average Bonchev–Trinajstić information content (AvgIpc) is 1.78. The molecule has 0 fully saturated rings. The third kappa shape index (κ3) is 25600. The monoisotopic (exact) mass is 138 g/mol. The third-order valence-corrected chi connectivity index (χ3v) is 0. The third-order valence-electron chi connectivity index (χ3n) is 0. The average molecular weight is 138 g/mol. The van der Waals surface area contributed by atoms with E-state index in [1.807, 2.05) is 6.92 Å². The molecule has 0 aliphatic heterocycles. The van der Waals surface area contributed by atoms with Crippen LogP contribution in [-0.2, 0) is 9.13 Å². The minimum absolute atomic E-state index is 1.72. The molecule has 0 bridgehead atoms. The molecule has 0 rings (SSSR count). The van der Waals surface area contributed by atoms with Crippen molar-refractivity contribution in [3.05, 3.63) is 12.7 Å². The van der Waals surface area contributed by atoms with Crippen LogP contribution in [-0.4, -0.2) is 0 Å². The van der Waals surface area contributed by atoms with Crippen LogP contribution in [0.15, 0.2) is 12.7 Å². The van der Waals surface area contributed by atoms with Gasteiger partial charge in [0.2, 0.25) is 0 Å². The van der Waals surface area contributed by atoms with Crippen LogP contribution in [0.1, 0.15) is 6.92 Å². The first-order valence-corrected chi connectivity index (χ1v) is 2.21. The highest BCUT2D eigenvalue weighted by Gasteiger charge is 1.15. The maximum Gasteiger partial charge on any atom is 0.138 e. The van der Waals surface area contributed by atoms with Gasteiger partial charge in [-0.3, -0.25) is 9.13 Å². The quantitative estimate of drug-likeness (QED) is 0.379. The smallest absolute Gasteiger partial charge is 0.138 e. The summed E-state index contributed by atoms with van der Waals surface area (Å²) in [6.07, 6.45) is 1.75. The Morgan fingerprint density at radius 2 is 1.29 bits per heavy atom. The van der Waals surface area contributed by atoms with Crippen molar-refractivity contribution in [1.82, 2.24) is 0 Å². The summed E-state index contributed by atoms with van der Waals surface area (Å²) >= 11 is 0. The van der Waals surface area contributed by atoms with Crippen LogP contribution in [0.5, 0.6) is 0 Å². The summed E-state index contributed by atoms with van der Waals surface area (Å²) in [7, 11) is 3.44. The standard InChI is InChI=1S/C3H6.2HOP/c1-3-2;2*1-2/h3H,1H2,2H3;2*2H. The van der Waals surface area contributed by atoms with E-state index >= 15 is 0 Å². The number of hydrogen-bond acceptors (Lipinski definition) is 2. The Hall–Kier alpha value is -0.0600. The van der Waals surface area contributed by atoms with Gasteiger partial charge >= 0.3 is 0 Å². The second-order valence-corrected chi connectivity index (χ2v) is 0.408. The van der Waals surface area contributed by atoms with E-state index in [4.69, 9.17) is 9.13 Å². The Morgan fingerprint density at radius 3 is 1.29 bits per heavy atom. The van der Waals surface area contributed by atoms with Crippen LogP contribution in [0.25, 0.3) is 0 Å². The maximum atomic E-state index is 8.06. The lowest BCUT2D eigenvalue weighted by Crippen LogP contribution is -1.07. The summed E-state index contributed by atoms with van der Waals surface area (Å²) in [4.78, 5) is 0. The summed E-state index contributed by atoms with van der Waals surface area (Å²) in [5, 5.41) is 0. The van der Waals surface area contributed by atoms with Crippen molar-refractivity contribution in [2.24, 2.45) is 0 Å². The van der Waals surface area contributed by atoms with Crippen molar-refractivity contribution >= 4 is 18.2 Å². The van der Waals surface area contributed by atoms with E-state index in [1.54, 1.807) is 24.3 Å². The van der Waals surface area contributed by atoms with Crippen LogP contribution in [0, 0.1) is 0 Å². The maximum absolute atomic E-state index is 8.06. The van der Waals surface area contributed by atoms with E-state index in [9.17, 15) is 0 Å². The van der Waals surface area contributed by atoms with E-state index in [0.717, 1.165) is 0 Å². The Balaban J connectivity index is -0.0000000360. The molecular weight excluding hydrogens is 130 g/mol. The first kappa shape index (κ1) is 15.8. The van der Waals surface area contributed by atoms with Crippen molar-refractivity contribution in [2.75, 3.05) is 0 Å². The van der Waals surface area contributed by atoms with Gasteiger partial charge in [0.05, 0.1) is 0 Å². The predicted octanol–water partition coefficient (Wildman–Crippen LogP) is 2.14. The summed E-state index contributed by atoms with van der Waals surface area (Å²) in [6, 6.07) is 0. The summed E-state index contributed by atoms with van der Waals surface area (Å²) < 4.78 is 16.1. The first-order chi connectivity index (χ1) is 3.41. The molecule has 0 aliphatic rings. The van der Waals surface area contributed by atoms with Crippen LogP contribution < -0.4 is 0 Å². The fraction of sp³-hybridized carbons (Fsp3) is 0.333. The molecule has 0 amide bonds. The van der Waals surface area contributed by atoms with E-state index in [2.05, 4.69) is 6.58 Å². The molecule has 4 heteroatoms. The second kappa shape index (κ2) is 164. The van der Waals surface area contributed by atoms with Crippen molar-refractivity contribution in [3.63, 3.8) is 0 Å². The molecule has 0 atom stereocenters. The van der Waals surface area contributed by atoms with Gasteiger partial charge in [0.1, 0.15) is 18.2 Å². The zero-order chi connectivity index (χ0) is 6.71. The zero-order valence-electron chi connectivity index (χ0n) is 4.10. The van der Waals surface area contributed by atoms with Crippen molar-refractivity contribution in [1.29, 1.82) is 0 Å². The molecule has 0 heterocycles. The summed E-state index contributed by atoms with van der Waals surface area (Å²) in [5.41, 5.74) is 0. The second-order valence-electron chi connectivity index (χ2n) is 0.408. The summed E-state index contributed by atoms with van der Waals surface area (Å²) in [5.74, 6) is 0. The fourth-order valence-electron chi connectivity index (χ4n) is 0. The zero-order valence-corrected chi connectivity index (χ0v) is 6.10. The largest absolute Gasteiger partial charge is 0.279 e. The predicted molar refractivity (Wildman–Crippen MR) is 33.9 cm³/mol. The normalized spacial score (nSPS) is 3.00. The van der Waals surface area contributed by atoms with Gasteiger partial charge in [0.25, 0.3) is 0 Å². The first-order valence-electron chi connectivity index (χ1n) is 1.39. The molecule has 7 heavy (non-hydrogen) atoms. The Labute approximate surface area is 47.9 Å². The van der Waals surface area contributed by atoms with Crippen LogP contribution in [0.4, 0.5) is 0 Å². The lowest BCUT2D eigenvalue weighted by Gasteiger charge is -1.31. The van der Waals surface area contributed by atoms with Gasteiger partial charge in [-0.15, -0.1) is 6.58 Å². The highest BCUT2D eigenvalue weighted by molar-refractivity contribution is 7.00. The minimum atomic E-state index is 1.72. The van der Waals surface area contributed by atoms with E-state index < -0.39 is 0 Å². The Morgan fingerprint density at radius 1 is 1.29 bits per heavy atom. The molecule has 42 valence electrons. The van der Waals surface area contributed by atoms with Gasteiger partial charge in [0.15, 0.2) is 0 Å². The Bertz CT molecular complexity index is 30.1. The van der Waals surface area contributed by atoms with Crippen LogP contribution in [0.3, 0.4) is 0 Å². The molecule has 0 N–H and O–H groups in total. The number of rotatable bonds is 0. The molecule has 0 unspecified atom stereocenters. The topological polar surface area (TPSA) is 34.1 Å². The van der Waals surface area contributed by atoms with Gasteiger partial charge in [-0.2, -0.15) is 0 Å². The van der Waals surface area contributed by atoms with E-state index in [-0.39, 0.29) is 0 Å².